The number of hydrogen-bond acceptors (Lipinski definition) is 4. The number of anilines is 1. The van der Waals surface area contributed by atoms with Crippen molar-refractivity contribution in [2.75, 3.05) is 12.1 Å². The van der Waals surface area contributed by atoms with Crippen molar-refractivity contribution < 1.29 is 19.1 Å². The molecule has 0 atom stereocenters. The average Bonchev–Trinajstić information content (AvgIpc) is 3.02. The minimum Gasteiger partial charge on any atom is -0.454 e. The average molecular weight is 326 g/mol. The number of fused-ring (bicyclic) bond motifs is 1. The van der Waals surface area contributed by atoms with Gasteiger partial charge < -0.3 is 20.1 Å². The van der Waals surface area contributed by atoms with Gasteiger partial charge in [-0.05, 0) is 44.2 Å². The Kier molecular flexibility index (Phi) is 4.37. The summed E-state index contributed by atoms with van der Waals surface area (Å²) in [6.07, 6.45) is 0. The van der Waals surface area contributed by atoms with E-state index >= 15 is 0 Å². The number of benzene rings is 2. The molecule has 0 spiro atoms. The van der Waals surface area contributed by atoms with Crippen LogP contribution in [-0.2, 0) is 0 Å². The maximum Gasteiger partial charge on any atom is 0.255 e. The molecular formula is C18H18N2O4. The lowest BCUT2D eigenvalue weighted by atomic mass is 10.1. The summed E-state index contributed by atoms with van der Waals surface area (Å²) >= 11 is 0. The number of hydrogen-bond donors (Lipinski definition) is 2. The van der Waals surface area contributed by atoms with Gasteiger partial charge in [0.25, 0.3) is 11.8 Å². The number of ether oxygens (including phenoxy) is 2. The molecule has 1 aliphatic heterocycles. The van der Waals surface area contributed by atoms with Crippen molar-refractivity contribution in [3.8, 4) is 11.5 Å². The van der Waals surface area contributed by atoms with Gasteiger partial charge in [-0.15, -0.1) is 0 Å². The second-order valence-electron chi connectivity index (χ2n) is 5.73. The fourth-order valence-corrected chi connectivity index (χ4v) is 2.32. The summed E-state index contributed by atoms with van der Waals surface area (Å²) in [4.78, 5) is 24.4. The zero-order valence-corrected chi connectivity index (χ0v) is 13.5. The van der Waals surface area contributed by atoms with Gasteiger partial charge in [0, 0.05) is 28.9 Å². The third-order valence-corrected chi connectivity index (χ3v) is 3.44. The number of amides is 2. The summed E-state index contributed by atoms with van der Waals surface area (Å²) in [5.41, 5.74) is 1.45. The van der Waals surface area contributed by atoms with E-state index in [0.717, 1.165) is 0 Å². The number of rotatable bonds is 4. The Hall–Kier alpha value is -3.02. The molecule has 0 saturated heterocycles. The van der Waals surface area contributed by atoms with Crippen molar-refractivity contribution in [1.82, 2.24) is 5.32 Å². The first-order valence-corrected chi connectivity index (χ1v) is 7.65. The van der Waals surface area contributed by atoms with Crippen LogP contribution in [0.4, 0.5) is 5.69 Å². The molecule has 1 aliphatic rings. The van der Waals surface area contributed by atoms with Crippen molar-refractivity contribution in [1.29, 1.82) is 0 Å². The summed E-state index contributed by atoms with van der Waals surface area (Å²) in [6.45, 7) is 3.95. The molecule has 0 fully saturated rings. The molecule has 2 amide bonds. The van der Waals surface area contributed by atoms with E-state index in [0.29, 0.717) is 28.3 Å². The topological polar surface area (TPSA) is 76.7 Å². The van der Waals surface area contributed by atoms with Gasteiger partial charge in [-0.3, -0.25) is 9.59 Å². The Labute approximate surface area is 139 Å². The second-order valence-corrected chi connectivity index (χ2v) is 5.73. The molecule has 0 aromatic heterocycles. The second kappa shape index (κ2) is 6.62. The molecule has 2 N–H and O–H groups in total. The molecule has 0 unspecified atom stereocenters. The van der Waals surface area contributed by atoms with E-state index in [1.165, 1.54) is 0 Å². The maximum atomic E-state index is 12.4. The van der Waals surface area contributed by atoms with Gasteiger partial charge in [0.15, 0.2) is 11.5 Å². The van der Waals surface area contributed by atoms with E-state index in [1.54, 1.807) is 42.5 Å². The minimum atomic E-state index is -0.298. The van der Waals surface area contributed by atoms with Crippen LogP contribution in [0.2, 0.25) is 0 Å². The predicted molar refractivity (Wildman–Crippen MR) is 89.6 cm³/mol. The molecule has 6 heteroatoms. The first kappa shape index (κ1) is 15.9. The third kappa shape index (κ3) is 3.48. The maximum absolute atomic E-state index is 12.4. The smallest absolute Gasteiger partial charge is 0.255 e. The molecule has 0 bridgehead atoms. The molecule has 6 nitrogen and oxygen atoms in total. The predicted octanol–water partition coefficient (Wildman–Crippen LogP) is 2.81. The van der Waals surface area contributed by atoms with Crippen LogP contribution >= 0.6 is 0 Å². The lowest BCUT2D eigenvalue weighted by molar-refractivity contribution is 0.0943. The fraction of sp³-hybridized carbons (Fsp3) is 0.222. The summed E-state index contributed by atoms with van der Waals surface area (Å²) < 4.78 is 10.5. The highest BCUT2D eigenvalue weighted by Crippen LogP contribution is 2.34. The molecule has 124 valence electrons. The van der Waals surface area contributed by atoms with Crippen LogP contribution in [0.3, 0.4) is 0 Å². The third-order valence-electron chi connectivity index (χ3n) is 3.44. The summed E-state index contributed by atoms with van der Waals surface area (Å²) in [6, 6.07) is 11.8. The van der Waals surface area contributed by atoms with Crippen LogP contribution in [0.15, 0.2) is 42.5 Å². The number of carbonyl (C=O) groups is 2. The first-order valence-electron chi connectivity index (χ1n) is 7.65. The van der Waals surface area contributed by atoms with Gasteiger partial charge >= 0.3 is 0 Å². The van der Waals surface area contributed by atoms with Crippen LogP contribution in [0, 0.1) is 0 Å². The molecule has 2 aromatic carbocycles. The first-order chi connectivity index (χ1) is 11.5. The zero-order chi connectivity index (χ0) is 17.1. The number of carbonyl (C=O) groups excluding carboxylic acids is 2. The van der Waals surface area contributed by atoms with Gasteiger partial charge in [0.2, 0.25) is 6.79 Å². The quantitative estimate of drug-likeness (QED) is 0.906. The molecule has 0 aliphatic carbocycles. The van der Waals surface area contributed by atoms with Crippen LogP contribution < -0.4 is 20.1 Å². The van der Waals surface area contributed by atoms with Gasteiger partial charge in [0.1, 0.15) is 0 Å². The van der Waals surface area contributed by atoms with Gasteiger partial charge in [-0.1, -0.05) is 6.07 Å². The van der Waals surface area contributed by atoms with E-state index in [1.807, 2.05) is 13.8 Å². The van der Waals surface area contributed by atoms with E-state index in [4.69, 9.17) is 9.47 Å². The minimum absolute atomic E-state index is 0.0311. The van der Waals surface area contributed by atoms with Crippen LogP contribution in [0.1, 0.15) is 34.6 Å². The molecule has 24 heavy (non-hydrogen) atoms. The van der Waals surface area contributed by atoms with Gasteiger partial charge in [-0.2, -0.15) is 0 Å². The van der Waals surface area contributed by atoms with Crippen molar-refractivity contribution in [3.63, 3.8) is 0 Å². The van der Waals surface area contributed by atoms with Gasteiger partial charge in [0.05, 0.1) is 0 Å². The standard InChI is InChI=1S/C18H18N2O4/c1-11(2)19-17(21)12-4-3-5-13(8-12)18(22)20-14-6-7-15-16(9-14)24-10-23-15/h3-9,11H,10H2,1-2H3,(H,19,21)(H,20,22). The normalized spacial score (nSPS) is 12.1. The molecule has 1 heterocycles. The van der Waals surface area contributed by atoms with Crippen LogP contribution in [0.25, 0.3) is 0 Å². The SMILES string of the molecule is CC(C)NC(=O)c1cccc(C(=O)Nc2ccc3c(c2)OCO3)c1. The highest BCUT2D eigenvalue weighted by Gasteiger charge is 2.15. The lowest BCUT2D eigenvalue weighted by Gasteiger charge is -2.10. The Morgan fingerprint density at radius 2 is 1.67 bits per heavy atom. The highest BCUT2D eigenvalue weighted by molar-refractivity contribution is 6.06. The Balaban J connectivity index is 1.74. The van der Waals surface area contributed by atoms with E-state index in [9.17, 15) is 9.59 Å². The van der Waals surface area contributed by atoms with Crippen molar-refractivity contribution in [2.24, 2.45) is 0 Å². The van der Waals surface area contributed by atoms with Crippen LogP contribution in [-0.4, -0.2) is 24.6 Å². The molecule has 2 aromatic rings. The fourth-order valence-electron chi connectivity index (χ4n) is 2.32. The van der Waals surface area contributed by atoms with Crippen molar-refractivity contribution in [3.05, 3.63) is 53.6 Å². The van der Waals surface area contributed by atoms with E-state index < -0.39 is 0 Å². The highest BCUT2D eigenvalue weighted by atomic mass is 16.7. The molecule has 0 radical (unpaired) electrons. The zero-order valence-electron chi connectivity index (χ0n) is 13.5. The molecular weight excluding hydrogens is 308 g/mol. The molecule has 0 saturated carbocycles. The Bertz CT molecular complexity index is 786. The summed E-state index contributed by atoms with van der Waals surface area (Å²) in [7, 11) is 0. The van der Waals surface area contributed by atoms with Crippen molar-refractivity contribution >= 4 is 17.5 Å². The largest absolute Gasteiger partial charge is 0.454 e. The monoisotopic (exact) mass is 326 g/mol. The summed E-state index contributed by atoms with van der Waals surface area (Å²) in [5.74, 6) is 0.744. The van der Waals surface area contributed by atoms with E-state index in [2.05, 4.69) is 10.6 Å². The summed E-state index contributed by atoms with van der Waals surface area (Å²) in [5, 5.41) is 5.59. The van der Waals surface area contributed by atoms with E-state index in [-0.39, 0.29) is 24.6 Å². The van der Waals surface area contributed by atoms with Crippen LogP contribution in [0.5, 0.6) is 11.5 Å². The number of nitrogens with one attached hydrogen (secondary N) is 2. The van der Waals surface area contributed by atoms with Crippen molar-refractivity contribution in [2.45, 2.75) is 19.9 Å². The Morgan fingerprint density at radius 3 is 2.42 bits per heavy atom. The van der Waals surface area contributed by atoms with Gasteiger partial charge in [-0.25, -0.2) is 0 Å². The molecule has 3 rings (SSSR count). The Morgan fingerprint density at radius 1 is 0.958 bits per heavy atom. The lowest BCUT2D eigenvalue weighted by Crippen LogP contribution is -2.30.